The fraction of sp³-hybridized carbons (Fsp3) is 0.316. The van der Waals surface area contributed by atoms with Crippen LogP contribution in [-0.2, 0) is 17.8 Å². The van der Waals surface area contributed by atoms with E-state index in [0.29, 0.717) is 13.0 Å². The molecule has 1 N–H and O–H groups in total. The van der Waals surface area contributed by atoms with Gasteiger partial charge in [0.2, 0.25) is 5.91 Å². The highest BCUT2D eigenvalue weighted by Crippen LogP contribution is 2.08. The third kappa shape index (κ3) is 4.56. The highest BCUT2D eigenvalue weighted by molar-refractivity contribution is 5.78. The summed E-state index contributed by atoms with van der Waals surface area (Å²) in [7, 11) is 0. The van der Waals surface area contributed by atoms with Gasteiger partial charge in [-0.3, -0.25) is 9.48 Å². The van der Waals surface area contributed by atoms with E-state index in [-0.39, 0.29) is 5.91 Å². The van der Waals surface area contributed by atoms with Crippen molar-refractivity contribution < 1.29 is 4.79 Å². The van der Waals surface area contributed by atoms with Gasteiger partial charge in [0, 0.05) is 25.0 Å². The van der Waals surface area contributed by atoms with Crippen LogP contribution >= 0.6 is 0 Å². The first-order chi connectivity index (χ1) is 12.1. The van der Waals surface area contributed by atoms with Crippen LogP contribution < -0.4 is 5.32 Å². The number of benzene rings is 1. The largest absolute Gasteiger partial charge is 0.356 e. The summed E-state index contributed by atoms with van der Waals surface area (Å²) < 4.78 is 3.76. The number of aromatic nitrogens is 4. The van der Waals surface area contributed by atoms with Gasteiger partial charge >= 0.3 is 0 Å². The summed E-state index contributed by atoms with van der Waals surface area (Å²) in [5.74, 6) is 0.0148. The minimum atomic E-state index is 0.0148. The van der Waals surface area contributed by atoms with E-state index >= 15 is 0 Å². The molecular formula is C19H23N5O. The molecule has 0 radical (unpaired) electrons. The van der Waals surface area contributed by atoms with Crippen LogP contribution in [0.2, 0.25) is 0 Å². The van der Waals surface area contributed by atoms with E-state index in [1.165, 1.54) is 0 Å². The number of aryl methyl sites for hydroxylation is 3. The Morgan fingerprint density at radius 2 is 2.00 bits per heavy atom. The van der Waals surface area contributed by atoms with E-state index in [0.717, 1.165) is 35.6 Å². The van der Waals surface area contributed by atoms with Gasteiger partial charge in [-0.25, -0.2) is 4.68 Å². The SMILES string of the molecule is Cc1cc(C)n(CCCNC(=O)Cc2cnn(-c3ccccc3)c2)n1. The van der Waals surface area contributed by atoms with E-state index < -0.39 is 0 Å². The molecule has 0 fully saturated rings. The predicted molar refractivity (Wildman–Crippen MR) is 96.6 cm³/mol. The van der Waals surface area contributed by atoms with Crippen LogP contribution in [0.4, 0.5) is 0 Å². The Balaban J connectivity index is 1.44. The Hall–Kier alpha value is -2.89. The maximum Gasteiger partial charge on any atom is 0.224 e. The summed E-state index contributed by atoms with van der Waals surface area (Å²) in [6, 6.07) is 11.9. The average molecular weight is 337 g/mol. The van der Waals surface area contributed by atoms with Gasteiger partial charge in [0.15, 0.2) is 0 Å². The first-order valence-corrected chi connectivity index (χ1v) is 8.48. The van der Waals surface area contributed by atoms with Gasteiger partial charge in [-0.05, 0) is 44.0 Å². The van der Waals surface area contributed by atoms with Gasteiger partial charge in [0.25, 0.3) is 0 Å². The van der Waals surface area contributed by atoms with Crippen LogP contribution in [0.25, 0.3) is 5.69 Å². The lowest BCUT2D eigenvalue weighted by Crippen LogP contribution is -2.26. The molecule has 2 aromatic heterocycles. The number of nitrogens with zero attached hydrogens (tertiary/aromatic N) is 4. The van der Waals surface area contributed by atoms with E-state index in [9.17, 15) is 4.79 Å². The number of hydrogen-bond donors (Lipinski definition) is 1. The van der Waals surface area contributed by atoms with Gasteiger partial charge in [0.05, 0.1) is 24.0 Å². The first-order valence-electron chi connectivity index (χ1n) is 8.48. The maximum atomic E-state index is 12.1. The second-order valence-corrected chi connectivity index (χ2v) is 6.16. The minimum absolute atomic E-state index is 0.0148. The zero-order valence-electron chi connectivity index (χ0n) is 14.6. The van der Waals surface area contributed by atoms with Gasteiger partial charge in [-0.1, -0.05) is 18.2 Å². The van der Waals surface area contributed by atoms with Crippen LogP contribution in [-0.4, -0.2) is 32.0 Å². The third-order valence-electron chi connectivity index (χ3n) is 3.99. The van der Waals surface area contributed by atoms with Crippen molar-refractivity contribution in [3.05, 3.63) is 65.7 Å². The quantitative estimate of drug-likeness (QED) is 0.674. The summed E-state index contributed by atoms with van der Waals surface area (Å²) in [5.41, 5.74) is 4.06. The molecule has 0 aliphatic heterocycles. The Morgan fingerprint density at radius 1 is 1.20 bits per heavy atom. The first kappa shape index (κ1) is 17.0. The Labute approximate surface area is 147 Å². The lowest BCUT2D eigenvalue weighted by molar-refractivity contribution is -0.120. The number of carbonyl (C=O) groups excluding carboxylic acids is 1. The summed E-state index contributed by atoms with van der Waals surface area (Å²) in [4.78, 5) is 12.1. The van der Waals surface area contributed by atoms with Crippen LogP contribution in [0.3, 0.4) is 0 Å². The molecule has 0 spiro atoms. The molecule has 0 atom stereocenters. The average Bonchev–Trinajstić information content (AvgIpc) is 3.19. The number of rotatable bonds is 7. The molecule has 6 heteroatoms. The number of hydrogen-bond acceptors (Lipinski definition) is 3. The number of amides is 1. The second-order valence-electron chi connectivity index (χ2n) is 6.16. The summed E-state index contributed by atoms with van der Waals surface area (Å²) in [6.45, 7) is 5.49. The Morgan fingerprint density at radius 3 is 2.72 bits per heavy atom. The summed E-state index contributed by atoms with van der Waals surface area (Å²) >= 11 is 0. The molecule has 3 rings (SSSR count). The standard InChI is InChI=1S/C19H23N5O/c1-15-11-16(2)23(22-15)10-6-9-20-19(25)12-17-13-21-24(14-17)18-7-4-3-5-8-18/h3-5,7-8,11,13-14H,6,9-10,12H2,1-2H3,(H,20,25). The molecule has 25 heavy (non-hydrogen) atoms. The van der Waals surface area contributed by atoms with Crippen LogP contribution in [0.1, 0.15) is 23.4 Å². The molecule has 0 saturated carbocycles. The second kappa shape index (κ2) is 7.79. The van der Waals surface area contributed by atoms with E-state index in [2.05, 4.69) is 21.6 Å². The van der Waals surface area contributed by atoms with Crippen molar-refractivity contribution in [1.29, 1.82) is 0 Å². The lowest BCUT2D eigenvalue weighted by atomic mass is 10.2. The van der Waals surface area contributed by atoms with Gasteiger partial charge < -0.3 is 5.32 Å². The molecule has 1 aromatic carbocycles. The van der Waals surface area contributed by atoms with E-state index in [1.54, 1.807) is 10.9 Å². The van der Waals surface area contributed by atoms with Crippen LogP contribution in [0.5, 0.6) is 0 Å². The van der Waals surface area contributed by atoms with Crippen LogP contribution in [0, 0.1) is 13.8 Å². The van der Waals surface area contributed by atoms with Crippen molar-refractivity contribution in [1.82, 2.24) is 24.9 Å². The molecule has 1 amide bonds. The van der Waals surface area contributed by atoms with Gasteiger partial charge in [-0.15, -0.1) is 0 Å². The fourth-order valence-corrected chi connectivity index (χ4v) is 2.78. The van der Waals surface area contributed by atoms with Crippen molar-refractivity contribution in [2.24, 2.45) is 0 Å². The van der Waals surface area contributed by atoms with Crippen LogP contribution in [0.15, 0.2) is 48.8 Å². The Bertz CT molecular complexity index is 835. The summed E-state index contributed by atoms with van der Waals surface area (Å²) in [5, 5.41) is 11.7. The molecule has 0 aliphatic rings. The van der Waals surface area contributed by atoms with Crippen molar-refractivity contribution in [2.75, 3.05) is 6.54 Å². The van der Waals surface area contributed by atoms with E-state index in [4.69, 9.17) is 0 Å². The molecule has 0 unspecified atom stereocenters. The normalized spacial score (nSPS) is 10.8. The molecule has 0 bridgehead atoms. The molecule has 6 nitrogen and oxygen atoms in total. The van der Waals surface area contributed by atoms with E-state index in [1.807, 2.05) is 55.1 Å². The Kier molecular flexibility index (Phi) is 5.28. The zero-order chi connectivity index (χ0) is 17.6. The molecule has 2 heterocycles. The summed E-state index contributed by atoms with van der Waals surface area (Å²) in [6.07, 6.45) is 4.83. The molecular weight excluding hydrogens is 314 g/mol. The number of para-hydroxylation sites is 1. The monoisotopic (exact) mass is 337 g/mol. The number of nitrogens with one attached hydrogen (secondary N) is 1. The maximum absolute atomic E-state index is 12.1. The number of carbonyl (C=O) groups is 1. The van der Waals surface area contributed by atoms with Gasteiger partial charge in [0.1, 0.15) is 0 Å². The van der Waals surface area contributed by atoms with Crippen molar-refractivity contribution >= 4 is 5.91 Å². The molecule has 0 saturated heterocycles. The van der Waals surface area contributed by atoms with Gasteiger partial charge in [-0.2, -0.15) is 10.2 Å². The third-order valence-corrected chi connectivity index (χ3v) is 3.99. The van der Waals surface area contributed by atoms with Crippen molar-refractivity contribution in [3.8, 4) is 5.69 Å². The van der Waals surface area contributed by atoms with Crippen molar-refractivity contribution in [2.45, 2.75) is 33.2 Å². The minimum Gasteiger partial charge on any atom is -0.356 e. The molecule has 130 valence electrons. The molecule has 3 aromatic rings. The topological polar surface area (TPSA) is 64.7 Å². The lowest BCUT2D eigenvalue weighted by Gasteiger charge is -2.06. The van der Waals surface area contributed by atoms with Crippen molar-refractivity contribution in [3.63, 3.8) is 0 Å². The highest BCUT2D eigenvalue weighted by atomic mass is 16.1. The molecule has 0 aliphatic carbocycles. The zero-order valence-corrected chi connectivity index (χ0v) is 14.6. The highest BCUT2D eigenvalue weighted by Gasteiger charge is 2.07. The smallest absolute Gasteiger partial charge is 0.224 e. The fourth-order valence-electron chi connectivity index (χ4n) is 2.78. The predicted octanol–water partition coefficient (Wildman–Crippen LogP) is 2.43.